The number of hydrogen-bond donors (Lipinski definition) is 2. The molecular weight excluding hydrogens is 464 g/mol. The lowest BCUT2D eigenvalue weighted by Gasteiger charge is -2.11. The van der Waals surface area contributed by atoms with Gasteiger partial charge in [-0.3, -0.25) is 9.59 Å². The highest BCUT2D eigenvalue weighted by Gasteiger charge is 2.21. The van der Waals surface area contributed by atoms with Crippen LogP contribution in [-0.2, 0) is 0 Å². The van der Waals surface area contributed by atoms with Gasteiger partial charge < -0.3 is 15.9 Å². The number of nitrogen functional groups attached to an aromatic ring is 1. The molecule has 0 aliphatic carbocycles. The van der Waals surface area contributed by atoms with Crippen LogP contribution in [0.15, 0.2) is 21.3 Å². The number of primary amides is 1. The first kappa shape index (κ1) is 30.6. The lowest BCUT2D eigenvalue weighted by molar-refractivity contribution is 0.0975. The van der Waals surface area contributed by atoms with E-state index >= 15 is 0 Å². The second kappa shape index (κ2) is 17.0. The average molecular weight is 513 g/mol. The summed E-state index contributed by atoms with van der Waals surface area (Å²) in [5, 5.41) is 0.444. The Bertz CT molecular complexity index is 1060. The highest BCUT2D eigenvalue weighted by atomic mass is 16.4. The van der Waals surface area contributed by atoms with Crippen LogP contribution in [0.5, 0.6) is 0 Å². The summed E-state index contributed by atoms with van der Waals surface area (Å²) < 4.78 is 5.26. The number of ketones is 1. The smallest absolute Gasteiger partial charge is 0.349 e. The fourth-order valence-corrected chi connectivity index (χ4v) is 5.18. The normalized spacial score (nSPS) is 11.3. The molecule has 206 valence electrons. The molecule has 0 fully saturated rings. The van der Waals surface area contributed by atoms with Crippen LogP contribution in [0.4, 0.5) is 5.69 Å². The van der Waals surface area contributed by atoms with Gasteiger partial charge in [-0.25, -0.2) is 4.79 Å². The van der Waals surface area contributed by atoms with Gasteiger partial charge in [-0.1, -0.05) is 110 Å². The highest BCUT2D eigenvalue weighted by Crippen LogP contribution is 2.28. The van der Waals surface area contributed by atoms with E-state index in [9.17, 15) is 14.4 Å². The summed E-state index contributed by atoms with van der Waals surface area (Å²) in [6.45, 7) is 3.88. The predicted molar refractivity (Wildman–Crippen MR) is 153 cm³/mol. The van der Waals surface area contributed by atoms with Crippen LogP contribution < -0.4 is 17.1 Å². The van der Waals surface area contributed by atoms with Crippen LogP contribution in [-0.4, -0.2) is 11.7 Å². The Morgan fingerprint density at radius 2 is 1.22 bits per heavy atom. The Morgan fingerprint density at radius 3 is 1.68 bits per heavy atom. The third-order valence-electron chi connectivity index (χ3n) is 7.34. The molecule has 4 N–H and O–H groups in total. The minimum Gasteiger partial charge on any atom is -0.422 e. The lowest BCUT2D eigenvalue weighted by Crippen LogP contribution is -2.23. The van der Waals surface area contributed by atoms with E-state index in [-0.39, 0.29) is 16.9 Å². The molecule has 1 aromatic heterocycles. The molecule has 0 atom stereocenters. The molecule has 1 aromatic carbocycles. The van der Waals surface area contributed by atoms with E-state index in [0.29, 0.717) is 28.6 Å². The summed E-state index contributed by atoms with van der Waals surface area (Å²) in [6.07, 6.45) is 22.3. The van der Waals surface area contributed by atoms with Gasteiger partial charge >= 0.3 is 5.63 Å². The number of aryl methyl sites for hydroxylation is 1. The van der Waals surface area contributed by atoms with Crippen molar-refractivity contribution in [2.24, 2.45) is 5.73 Å². The van der Waals surface area contributed by atoms with Gasteiger partial charge in [0.15, 0.2) is 5.78 Å². The molecule has 0 unspecified atom stereocenters. The average Bonchev–Trinajstić information content (AvgIpc) is 2.84. The van der Waals surface area contributed by atoms with E-state index in [1.807, 2.05) is 0 Å². The zero-order valence-electron chi connectivity index (χ0n) is 23.2. The maximum Gasteiger partial charge on any atom is 0.349 e. The summed E-state index contributed by atoms with van der Waals surface area (Å²) in [7, 11) is 0. The maximum atomic E-state index is 13.0. The predicted octanol–water partition coefficient (Wildman–Crippen LogP) is 8.01. The number of unbranched alkanes of at least 4 members (excludes halogenated alkanes) is 16. The minimum absolute atomic E-state index is 0.0642. The zero-order chi connectivity index (χ0) is 27.0. The molecule has 0 bridgehead atoms. The number of rotatable bonds is 20. The fourth-order valence-electron chi connectivity index (χ4n) is 5.18. The molecule has 0 aliphatic rings. The molecule has 0 saturated carbocycles. The zero-order valence-corrected chi connectivity index (χ0v) is 23.2. The Kier molecular flexibility index (Phi) is 14.0. The second-order valence-corrected chi connectivity index (χ2v) is 10.5. The van der Waals surface area contributed by atoms with Gasteiger partial charge in [-0.2, -0.15) is 0 Å². The van der Waals surface area contributed by atoms with Crippen LogP contribution in [0.25, 0.3) is 11.0 Å². The van der Waals surface area contributed by atoms with E-state index < -0.39 is 11.5 Å². The maximum absolute atomic E-state index is 13.0. The van der Waals surface area contributed by atoms with Gasteiger partial charge in [-0.05, 0) is 25.0 Å². The molecule has 1 amide bonds. The first-order valence-electron chi connectivity index (χ1n) is 14.6. The summed E-state index contributed by atoms with van der Waals surface area (Å²) in [5.74, 6) is -0.929. The molecule has 1 heterocycles. The number of carbonyl (C=O) groups excluding carboxylic acids is 2. The first-order chi connectivity index (χ1) is 17.9. The Morgan fingerprint density at radius 1 is 0.757 bits per heavy atom. The topological polar surface area (TPSA) is 116 Å². The second-order valence-electron chi connectivity index (χ2n) is 10.5. The van der Waals surface area contributed by atoms with Crippen LogP contribution in [0.3, 0.4) is 0 Å². The third kappa shape index (κ3) is 10.3. The largest absolute Gasteiger partial charge is 0.422 e. The number of fused-ring (bicyclic) bond motifs is 1. The van der Waals surface area contributed by atoms with Crippen molar-refractivity contribution in [3.8, 4) is 0 Å². The van der Waals surface area contributed by atoms with Crippen LogP contribution in [0.1, 0.15) is 149 Å². The number of nitrogens with two attached hydrogens (primary N) is 2. The van der Waals surface area contributed by atoms with Crippen molar-refractivity contribution < 1.29 is 14.0 Å². The quantitative estimate of drug-likeness (QED) is 0.0806. The number of benzene rings is 1. The summed E-state index contributed by atoms with van der Waals surface area (Å²) in [6, 6.07) is 3.09. The van der Waals surface area contributed by atoms with Gasteiger partial charge in [0.05, 0.1) is 0 Å². The highest BCUT2D eigenvalue weighted by molar-refractivity contribution is 6.11. The van der Waals surface area contributed by atoms with Crippen molar-refractivity contribution in [1.82, 2.24) is 0 Å². The SMILES string of the molecule is CCCCCCCCCCCCCCCCCCCC(=O)c1cc(N)cc2oc(=O)c(C(N)=O)c(C)c12. The molecular formula is C31H48N2O4. The van der Waals surface area contributed by atoms with Crippen molar-refractivity contribution in [2.45, 2.75) is 129 Å². The van der Waals surface area contributed by atoms with E-state index in [1.165, 1.54) is 96.0 Å². The van der Waals surface area contributed by atoms with Crippen molar-refractivity contribution in [3.05, 3.63) is 39.2 Å². The molecule has 0 saturated heterocycles. The minimum atomic E-state index is -0.864. The standard InChI is InChI=1S/C31H48N2O4/c1-3-4-5-6-7-8-9-10-11-12-13-14-15-16-17-18-19-20-26(34)25-21-24(32)22-27-28(25)23(2)29(30(33)35)31(36)37-27/h21-22H,3-20,32H2,1-2H3,(H2,33,35). The molecule has 0 radical (unpaired) electrons. The van der Waals surface area contributed by atoms with Crippen LogP contribution in [0, 0.1) is 6.92 Å². The van der Waals surface area contributed by atoms with Gasteiger partial charge in [0.1, 0.15) is 11.1 Å². The Balaban J connectivity index is 1.63. The van der Waals surface area contributed by atoms with Crippen LogP contribution >= 0.6 is 0 Å². The number of amides is 1. The molecule has 6 nitrogen and oxygen atoms in total. The van der Waals surface area contributed by atoms with E-state index in [0.717, 1.165) is 19.3 Å². The molecule has 6 heteroatoms. The van der Waals surface area contributed by atoms with Gasteiger partial charge in [0, 0.05) is 29.1 Å². The van der Waals surface area contributed by atoms with E-state index in [2.05, 4.69) is 6.92 Å². The van der Waals surface area contributed by atoms with E-state index in [1.54, 1.807) is 13.0 Å². The third-order valence-corrected chi connectivity index (χ3v) is 7.34. The van der Waals surface area contributed by atoms with Crippen molar-refractivity contribution in [2.75, 3.05) is 5.73 Å². The van der Waals surface area contributed by atoms with E-state index in [4.69, 9.17) is 15.9 Å². The monoisotopic (exact) mass is 512 g/mol. The number of hydrogen-bond acceptors (Lipinski definition) is 5. The first-order valence-corrected chi connectivity index (χ1v) is 14.6. The fraction of sp³-hybridized carbons (Fsp3) is 0.645. The van der Waals surface area contributed by atoms with Crippen molar-refractivity contribution in [3.63, 3.8) is 0 Å². The summed E-state index contributed by atoms with van der Waals surface area (Å²) >= 11 is 0. The van der Waals surface area contributed by atoms with Crippen molar-refractivity contribution >= 4 is 28.3 Å². The molecule has 0 spiro atoms. The summed E-state index contributed by atoms with van der Waals surface area (Å²) in [4.78, 5) is 36.9. The number of Topliss-reactive ketones (excluding diaryl/α,β-unsaturated/α-hetero) is 1. The van der Waals surface area contributed by atoms with Crippen molar-refractivity contribution in [1.29, 1.82) is 0 Å². The molecule has 0 aliphatic heterocycles. The van der Waals surface area contributed by atoms with Gasteiger partial charge in [0.2, 0.25) is 0 Å². The van der Waals surface area contributed by atoms with Gasteiger partial charge in [0.25, 0.3) is 5.91 Å². The lowest BCUT2D eigenvalue weighted by atomic mass is 9.95. The molecule has 2 aromatic rings. The number of anilines is 1. The number of carbonyl (C=O) groups is 2. The summed E-state index contributed by atoms with van der Waals surface area (Å²) in [5.41, 5.74) is 11.6. The molecule has 2 rings (SSSR count). The van der Waals surface area contributed by atoms with Crippen LogP contribution in [0.2, 0.25) is 0 Å². The Hall–Kier alpha value is -2.63. The molecule has 37 heavy (non-hydrogen) atoms. The Labute approximate surface area is 222 Å². The van der Waals surface area contributed by atoms with Gasteiger partial charge in [-0.15, -0.1) is 0 Å².